The molecule has 3 rings (SSSR count). The van der Waals surface area contributed by atoms with Gasteiger partial charge in [0.2, 0.25) is 5.13 Å². The van der Waals surface area contributed by atoms with Crippen molar-refractivity contribution in [2.45, 2.75) is 47.6 Å². The fourth-order valence-electron chi connectivity index (χ4n) is 3.46. The van der Waals surface area contributed by atoms with Crippen LogP contribution < -0.4 is 14.9 Å². The van der Waals surface area contributed by atoms with Crippen LogP contribution in [0.2, 0.25) is 5.02 Å². The largest absolute Gasteiger partial charge is 0.490 e. The summed E-state index contributed by atoms with van der Waals surface area (Å²) in [5.74, 6) is 1.16. The molecule has 0 amide bonds. The highest BCUT2D eigenvalue weighted by atomic mass is 35.5. The monoisotopic (exact) mass is 457 g/mol. The molecule has 0 bridgehead atoms. The summed E-state index contributed by atoms with van der Waals surface area (Å²) in [6.07, 6.45) is 1.69. The third-order valence-electron chi connectivity index (χ3n) is 4.50. The molecule has 1 N–H and O–H groups in total. The van der Waals surface area contributed by atoms with Crippen LogP contribution in [0.3, 0.4) is 0 Å². The number of rotatable bonds is 8. The zero-order valence-corrected chi connectivity index (χ0v) is 20.3. The lowest BCUT2D eigenvalue weighted by Gasteiger charge is -2.16. The molecule has 0 radical (unpaired) electrons. The van der Waals surface area contributed by atoms with Gasteiger partial charge in [0.05, 0.1) is 29.6 Å². The predicted octanol–water partition coefficient (Wildman–Crippen LogP) is 7.02. The summed E-state index contributed by atoms with van der Waals surface area (Å²) >= 11 is 7.94. The number of ether oxygens (including phenoxy) is 2. The van der Waals surface area contributed by atoms with Gasteiger partial charge >= 0.3 is 0 Å². The lowest BCUT2D eigenvalue weighted by molar-refractivity contribution is 0.224. The summed E-state index contributed by atoms with van der Waals surface area (Å²) in [4.78, 5) is 4.70. The zero-order chi connectivity index (χ0) is 22.5. The van der Waals surface area contributed by atoms with Crippen LogP contribution in [0, 0.1) is 20.8 Å². The molecule has 0 aliphatic rings. The number of aromatic nitrogens is 1. The maximum Gasteiger partial charge on any atom is 0.203 e. The summed E-state index contributed by atoms with van der Waals surface area (Å²) in [5, 5.41) is 7.59. The standard InChI is InChI=1S/C24H28ClN3O2S/c1-7-29-21-11-18(10-19(25)23(21)30-14(2)3)12-26-28-24-27-20(13-31-24)22-16(5)8-15(4)9-17(22)6/h8-14H,7H2,1-6H3,(H,27,28)/b26-12-. The smallest absolute Gasteiger partial charge is 0.203 e. The van der Waals surface area contributed by atoms with Crippen molar-refractivity contribution in [2.24, 2.45) is 5.10 Å². The summed E-state index contributed by atoms with van der Waals surface area (Å²) in [7, 11) is 0. The lowest BCUT2D eigenvalue weighted by Crippen LogP contribution is -2.08. The van der Waals surface area contributed by atoms with Crippen molar-refractivity contribution in [3.63, 3.8) is 0 Å². The van der Waals surface area contributed by atoms with Gasteiger partial charge in [0.1, 0.15) is 0 Å². The van der Waals surface area contributed by atoms with Crippen LogP contribution in [0.5, 0.6) is 11.5 Å². The summed E-state index contributed by atoms with van der Waals surface area (Å²) in [6.45, 7) is 12.7. The Bertz CT molecular complexity index is 1070. The van der Waals surface area contributed by atoms with Crippen molar-refractivity contribution in [1.29, 1.82) is 0 Å². The van der Waals surface area contributed by atoms with Crippen LogP contribution in [0.1, 0.15) is 43.0 Å². The maximum absolute atomic E-state index is 6.42. The minimum absolute atomic E-state index is 0.00204. The number of hydrazone groups is 1. The van der Waals surface area contributed by atoms with Gasteiger partial charge in [-0.3, -0.25) is 5.43 Å². The van der Waals surface area contributed by atoms with Crippen LogP contribution in [0.25, 0.3) is 11.3 Å². The molecule has 0 aliphatic heterocycles. The molecule has 0 fully saturated rings. The quantitative estimate of drug-likeness (QED) is 0.291. The van der Waals surface area contributed by atoms with Gasteiger partial charge in [-0.25, -0.2) is 4.98 Å². The Labute approximate surface area is 193 Å². The van der Waals surface area contributed by atoms with Gasteiger partial charge < -0.3 is 9.47 Å². The normalized spacial score (nSPS) is 11.4. The number of nitrogens with one attached hydrogen (secondary N) is 1. The van der Waals surface area contributed by atoms with E-state index in [9.17, 15) is 0 Å². The fourth-order valence-corrected chi connectivity index (χ4v) is 4.38. The van der Waals surface area contributed by atoms with Gasteiger partial charge in [0, 0.05) is 10.9 Å². The molecule has 1 heterocycles. The van der Waals surface area contributed by atoms with E-state index in [0.29, 0.717) is 23.1 Å². The van der Waals surface area contributed by atoms with Crippen LogP contribution in [-0.2, 0) is 0 Å². The first-order valence-electron chi connectivity index (χ1n) is 10.2. The van der Waals surface area contributed by atoms with E-state index in [1.165, 1.54) is 33.6 Å². The average molecular weight is 458 g/mol. The number of anilines is 1. The predicted molar refractivity (Wildman–Crippen MR) is 131 cm³/mol. The molecule has 0 unspecified atom stereocenters. The molecule has 3 aromatic rings. The molecule has 0 atom stereocenters. The van der Waals surface area contributed by atoms with E-state index in [4.69, 9.17) is 26.1 Å². The Morgan fingerprint density at radius 3 is 2.52 bits per heavy atom. The number of nitrogens with zero attached hydrogens (tertiary/aromatic N) is 2. The second kappa shape index (κ2) is 10.2. The lowest BCUT2D eigenvalue weighted by atomic mass is 9.98. The van der Waals surface area contributed by atoms with Gasteiger partial charge in [-0.05, 0) is 70.4 Å². The Hall–Kier alpha value is -2.57. The van der Waals surface area contributed by atoms with Gasteiger partial charge in [0.25, 0.3) is 0 Å². The Kier molecular flexibility index (Phi) is 7.57. The molecule has 5 nitrogen and oxygen atoms in total. The third kappa shape index (κ3) is 5.77. The molecule has 0 spiro atoms. The minimum atomic E-state index is -0.00204. The van der Waals surface area contributed by atoms with Crippen molar-refractivity contribution in [1.82, 2.24) is 4.98 Å². The number of benzene rings is 2. The van der Waals surface area contributed by atoms with E-state index in [0.717, 1.165) is 16.4 Å². The van der Waals surface area contributed by atoms with Crippen LogP contribution in [0.4, 0.5) is 5.13 Å². The van der Waals surface area contributed by atoms with Gasteiger partial charge in [0.15, 0.2) is 11.5 Å². The fraction of sp³-hybridized carbons (Fsp3) is 0.333. The van der Waals surface area contributed by atoms with E-state index in [1.807, 2.05) is 32.2 Å². The Morgan fingerprint density at radius 1 is 1.16 bits per heavy atom. The van der Waals surface area contributed by atoms with Crippen LogP contribution >= 0.6 is 22.9 Å². The summed E-state index contributed by atoms with van der Waals surface area (Å²) in [6, 6.07) is 8.03. The number of thiazole rings is 1. The van der Waals surface area contributed by atoms with Crippen molar-refractivity contribution >= 4 is 34.3 Å². The second-order valence-corrected chi connectivity index (χ2v) is 8.88. The summed E-state index contributed by atoms with van der Waals surface area (Å²) in [5.41, 5.74) is 9.65. The molecular formula is C24H28ClN3O2S. The highest BCUT2D eigenvalue weighted by Crippen LogP contribution is 2.37. The molecule has 0 saturated heterocycles. The maximum atomic E-state index is 6.42. The first kappa shape index (κ1) is 23.1. The van der Waals surface area contributed by atoms with Crippen molar-refractivity contribution in [2.75, 3.05) is 12.0 Å². The molecule has 1 aromatic heterocycles. The molecular weight excluding hydrogens is 430 g/mol. The zero-order valence-electron chi connectivity index (χ0n) is 18.7. The summed E-state index contributed by atoms with van der Waals surface area (Å²) < 4.78 is 11.5. The Balaban J connectivity index is 1.77. The molecule has 31 heavy (non-hydrogen) atoms. The first-order valence-corrected chi connectivity index (χ1v) is 11.5. The van der Waals surface area contributed by atoms with E-state index in [1.54, 1.807) is 12.3 Å². The first-order chi connectivity index (χ1) is 14.8. The highest BCUT2D eigenvalue weighted by molar-refractivity contribution is 7.14. The van der Waals surface area contributed by atoms with E-state index in [2.05, 4.69) is 43.4 Å². The van der Waals surface area contributed by atoms with Crippen molar-refractivity contribution in [3.8, 4) is 22.8 Å². The number of hydrogen-bond acceptors (Lipinski definition) is 6. The molecule has 7 heteroatoms. The second-order valence-electron chi connectivity index (χ2n) is 7.61. The minimum Gasteiger partial charge on any atom is -0.490 e. The SMILES string of the molecule is CCOc1cc(/C=N\Nc2nc(-c3c(C)cc(C)cc3C)cs2)cc(Cl)c1OC(C)C. The van der Waals surface area contributed by atoms with Crippen molar-refractivity contribution < 1.29 is 9.47 Å². The third-order valence-corrected chi connectivity index (χ3v) is 5.52. The highest BCUT2D eigenvalue weighted by Gasteiger charge is 2.14. The molecule has 0 aliphatic carbocycles. The van der Waals surface area contributed by atoms with Gasteiger partial charge in [-0.15, -0.1) is 11.3 Å². The topological polar surface area (TPSA) is 55.7 Å². The number of aryl methyl sites for hydroxylation is 3. The van der Waals surface area contributed by atoms with E-state index >= 15 is 0 Å². The number of hydrogen-bond donors (Lipinski definition) is 1. The van der Waals surface area contributed by atoms with E-state index in [-0.39, 0.29) is 6.10 Å². The number of halogens is 1. The van der Waals surface area contributed by atoms with Crippen LogP contribution in [0.15, 0.2) is 34.7 Å². The molecule has 2 aromatic carbocycles. The van der Waals surface area contributed by atoms with Gasteiger partial charge in [-0.1, -0.05) is 29.3 Å². The van der Waals surface area contributed by atoms with Crippen LogP contribution in [-0.4, -0.2) is 23.9 Å². The average Bonchev–Trinajstić information content (AvgIpc) is 3.12. The molecule has 0 saturated carbocycles. The molecule has 164 valence electrons. The van der Waals surface area contributed by atoms with Crippen molar-refractivity contribution in [3.05, 3.63) is 56.9 Å². The Morgan fingerprint density at radius 2 is 1.87 bits per heavy atom. The van der Waals surface area contributed by atoms with Gasteiger partial charge in [-0.2, -0.15) is 5.10 Å². The van der Waals surface area contributed by atoms with E-state index < -0.39 is 0 Å².